The molecular formula is C24H32N2O3. The van der Waals surface area contributed by atoms with Crippen LogP contribution in [0.5, 0.6) is 0 Å². The highest BCUT2D eigenvalue weighted by molar-refractivity contribution is 5.96. The van der Waals surface area contributed by atoms with Crippen molar-refractivity contribution in [2.24, 2.45) is 29.6 Å². The molecule has 5 aliphatic rings. The number of carbonyl (C=O) groups excluding carboxylic acids is 1. The predicted octanol–water partition coefficient (Wildman–Crippen LogP) is 4.90. The van der Waals surface area contributed by atoms with Gasteiger partial charge in [0.1, 0.15) is 0 Å². The van der Waals surface area contributed by atoms with Crippen molar-refractivity contribution in [1.82, 2.24) is 0 Å². The Morgan fingerprint density at radius 1 is 0.828 bits per heavy atom. The van der Waals surface area contributed by atoms with E-state index in [4.69, 9.17) is 0 Å². The maximum absolute atomic E-state index is 12.9. The minimum absolute atomic E-state index is 0.0357. The topological polar surface area (TPSA) is 78.4 Å². The smallest absolute Gasteiger partial charge is 0.306 e. The number of carbonyl (C=O) groups is 2. The molecule has 1 amide bonds. The molecule has 156 valence electrons. The average Bonchev–Trinajstić information content (AvgIpc) is 2.68. The zero-order valence-corrected chi connectivity index (χ0v) is 17.0. The van der Waals surface area contributed by atoms with Crippen molar-refractivity contribution in [3.05, 3.63) is 24.3 Å². The molecule has 1 aromatic rings. The van der Waals surface area contributed by atoms with Gasteiger partial charge in [0.15, 0.2) is 0 Å². The molecule has 0 saturated heterocycles. The van der Waals surface area contributed by atoms with Gasteiger partial charge in [-0.1, -0.05) is 12.1 Å². The number of hydrogen-bond donors (Lipinski definition) is 3. The third-order valence-corrected chi connectivity index (χ3v) is 8.07. The third-order valence-electron chi connectivity index (χ3n) is 8.07. The summed E-state index contributed by atoms with van der Waals surface area (Å²) in [5.41, 5.74) is 2.12. The van der Waals surface area contributed by atoms with Gasteiger partial charge in [-0.15, -0.1) is 0 Å². The molecule has 0 atom stereocenters. The molecule has 3 N–H and O–H groups in total. The molecule has 29 heavy (non-hydrogen) atoms. The van der Waals surface area contributed by atoms with Gasteiger partial charge >= 0.3 is 5.97 Å². The first-order chi connectivity index (χ1) is 14.0. The van der Waals surface area contributed by atoms with Crippen LogP contribution < -0.4 is 10.6 Å². The first-order valence-electron chi connectivity index (χ1n) is 11.4. The van der Waals surface area contributed by atoms with Gasteiger partial charge in [0.2, 0.25) is 5.91 Å². The Hall–Kier alpha value is -2.04. The van der Waals surface area contributed by atoms with Crippen LogP contribution in [0.2, 0.25) is 0 Å². The first-order valence-corrected chi connectivity index (χ1v) is 11.4. The number of carboxylic acids is 1. The van der Waals surface area contributed by atoms with E-state index in [1.807, 2.05) is 18.2 Å². The molecule has 5 heteroatoms. The number of aliphatic carboxylic acids is 1. The van der Waals surface area contributed by atoms with Gasteiger partial charge in [-0.2, -0.15) is 0 Å². The fraction of sp³-hybridized carbons (Fsp3) is 0.667. The van der Waals surface area contributed by atoms with E-state index in [-0.39, 0.29) is 23.3 Å². The number of nitrogens with one attached hydrogen (secondary N) is 2. The van der Waals surface area contributed by atoms with Crippen molar-refractivity contribution in [2.75, 3.05) is 10.6 Å². The average molecular weight is 397 g/mol. The summed E-state index contributed by atoms with van der Waals surface area (Å²) in [5.74, 6) is 1.56. The van der Waals surface area contributed by atoms with Gasteiger partial charge in [-0.05, 0) is 94.1 Å². The van der Waals surface area contributed by atoms with E-state index in [0.717, 1.165) is 29.1 Å². The molecule has 5 aliphatic carbocycles. The maximum Gasteiger partial charge on any atom is 0.306 e. The highest BCUT2D eigenvalue weighted by Gasteiger charge is 2.51. The standard InChI is InChI=1S/C24H32N2O3/c27-22(18-5-7-19(8-6-18)23(28)29)25-20-3-1-2-4-21(20)26-24-12-15-9-16(13-24)11-17(10-15)14-24/h1-4,15-19,26H,5-14H2,(H,25,27)(H,28,29). The zero-order valence-electron chi connectivity index (χ0n) is 17.0. The summed E-state index contributed by atoms with van der Waals surface area (Å²) in [6.45, 7) is 0. The summed E-state index contributed by atoms with van der Waals surface area (Å²) >= 11 is 0. The zero-order chi connectivity index (χ0) is 20.0. The summed E-state index contributed by atoms with van der Waals surface area (Å²) in [7, 11) is 0. The second-order valence-corrected chi connectivity index (χ2v) is 10.2. The molecule has 6 rings (SSSR count). The summed E-state index contributed by atoms with van der Waals surface area (Å²) in [4.78, 5) is 24.0. The van der Waals surface area contributed by atoms with E-state index in [0.29, 0.717) is 25.7 Å². The Morgan fingerprint density at radius 2 is 1.34 bits per heavy atom. The van der Waals surface area contributed by atoms with Crippen LogP contribution in [0.15, 0.2) is 24.3 Å². The SMILES string of the molecule is O=C(O)C1CCC(C(=O)Nc2ccccc2NC23CC4CC(CC(C4)C2)C3)CC1. The number of anilines is 2. The molecule has 0 aliphatic heterocycles. The Labute approximate surface area is 172 Å². The summed E-state index contributed by atoms with van der Waals surface area (Å²) < 4.78 is 0. The molecular weight excluding hydrogens is 364 g/mol. The van der Waals surface area contributed by atoms with E-state index in [1.54, 1.807) is 0 Å². The maximum atomic E-state index is 12.9. The molecule has 5 nitrogen and oxygen atoms in total. The normalized spacial score (nSPS) is 37.9. The van der Waals surface area contributed by atoms with Gasteiger partial charge in [0, 0.05) is 11.5 Å². The van der Waals surface area contributed by atoms with E-state index < -0.39 is 5.97 Å². The lowest BCUT2D eigenvalue weighted by atomic mass is 9.53. The van der Waals surface area contributed by atoms with E-state index >= 15 is 0 Å². The lowest BCUT2D eigenvalue weighted by Crippen LogP contribution is -2.54. The summed E-state index contributed by atoms with van der Waals surface area (Å²) in [6.07, 6.45) is 10.6. The van der Waals surface area contributed by atoms with Crippen LogP contribution in [0.3, 0.4) is 0 Å². The van der Waals surface area contributed by atoms with Crippen LogP contribution >= 0.6 is 0 Å². The number of benzene rings is 1. The van der Waals surface area contributed by atoms with Crippen LogP contribution in [0.1, 0.15) is 64.2 Å². The molecule has 4 bridgehead atoms. The van der Waals surface area contributed by atoms with Gasteiger partial charge in [-0.25, -0.2) is 0 Å². The second-order valence-electron chi connectivity index (χ2n) is 10.2. The van der Waals surface area contributed by atoms with E-state index in [9.17, 15) is 14.7 Å². The van der Waals surface area contributed by atoms with Crippen LogP contribution in [-0.2, 0) is 9.59 Å². The molecule has 0 aromatic heterocycles. The van der Waals surface area contributed by atoms with Crippen LogP contribution in [-0.4, -0.2) is 22.5 Å². The van der Waals surface area contributed by atoms with Crippen molar-refractivity contribution in [1.29, 1.82) is 0 Å². The fourth-order valence-electron chi connectivity index (χ4n) is 7.09. The fourth-order valence-corrected chi connectivity index (χ4v) is 7.09. The number of carboxylic acid groups (broad SMARTS) is 1. The van der Waals surface area contributed by atoms with E-state index in [1.165, 1.54) is 38.5 Å². The number of para-hydroxylation sites is 2. The lowest BCUT2D eigenvalue weighted by Gasteiger charge is -2.57. The third kappa shape index (κ3) is 3.76. The lowest BCUT2D eigenvalue weighted by molar-refractivity contribution is -0.143. The van der Waals surface area contributed by atoms with E-state index in [2.05, 4.69) is 16.7 Å². The predicted molar refractivity (Wildman–Crippen MR) is 113 cm³/mol. The largest absolute Gasteiger partial charge is 0.481 e. The molecule has 0 heterocycles. The Kier molecular flexibility index (Phi) is 4.79. The van der Waals surface area contributed by atoms with Crippen molar-refractivity contribution in [3.63, 3.8) is 0 Å². The number of rotatable bonds is 5. The first kappa shape index (κ1) is 19.0. The quantitative estimate of drug-likeness (QED) is 0.662. The Morgan fingerprint density at radius 3 is 1.90 bits per heavy atom. The number of hydrogen-bond acceptors (Lipinski definition) is 3. The summed E-state index contributed by atoms with van der Waals surface area (Å²) in [5, 5.41) is 16.2. The molecule has 1 aromatic carbocycles. The summed E-state index contributed by atoms with van der Waals surface area (Å²) in [6, 6.07) is 8.09. The molecule has 0 spiro atoms. The Balaban J connectivity index is 1.27. The number of amides is 1. The van der Waals surface area contributed by atoms with Crippen molar-refractivity contribution in [3.8, 4) is 0 Å². The van der Waals surface area contributed by atoms with Crippen LogP contribution in [0.4, 0.5) is 11.4 Å². The van der Waals surface area contributed by atoms with Gasteiger partial charge in [-0.3, -0.25) is 9.59 Å². The van der Waals surface area contributed by atoms with Crippen molar-refractivity contribution >= 4 is 23.3 Å². The molecule has 5 saturated carbocycles. The second kappa shape index (κ2) is 7.33. The van der Waals surface area contributed by atoms with Gasteiger partial charge < -0.3 is 15.7 Å². The minimum atomic E-state index is -0.728. The molecule has 5 fully saturated rings. The highest BCUT2D eigenvalue weighted by atomic mass is 16.4. The van der Waals surface area contributed by atoms with Gasteiger partial charge in [0.25, 0.3) is 0 Å². The molecule has 0 unspecified atom stereocenters. The van der Waals surface area contributed by atoms with Crippen molar-refractivity contribution < 1.29 is 14.7 Å². The Bertz CT molecular complexity index is 762. The minimum Gasteiger partial charge on any atom is -0.481 e. The van der Waals surface area contributed by atoms with Crippen LogP contribution in [0, 0.1) is 29.6 Å². The highest BCUT2D eigenvalue weighted by Crippen LogP contribution is 2.56. The van der Waals surface area contributed by atoms with Crippen LogP contribution in [0.25, 0.3) is 0 Å². The molecule has 0 radical (unpaired) electrons. The monoisotopic (exact) mass is 396 g/mol. The van der Waals surface area contributed by atoms with Crippen molar-refractivity contribution in [2.45, 2.75) is 69.7 Å². The van der Waals surface area contributed by atoms with Gasteiger partial charge in [0.05, 0.1) is 17.3 Å².